The number of aliphatic hydroxyl groups excluding tert-OH is 1. The van der Waals surface area contributed by atoms with Crippen molar-refractivity contribution in [2.75, 3.05) is 12.0 Å². The van der Waals surface area contributed by atoms with Crippen LogP contribution in [0.5, 0.6) is 5.75 Å². The predicted molar refractivity (Wildman–Crippen MR) is 132 cm³/mol. The van der Waals surface area contributed by atoms with Crippen molar-refractivity contribution < 1.29 is 19.4 Å². The van der Waals surface area contributed by atoms with Gasteiger partial charge >= 0.3 is 0 Å². The Bertz CT molecular complexity index is 1420. The van der Waals surface area contributed by atoms with Crippen molar-refractivity contribution in [2.45, 2.75) is 19.4 Å². The number of anilines is 1. The summed E-state index contributed by atoms with van der Waals surface area (Å²) in [5, 5.41) is 12.2. The maximum Gasteiger partial charge on any atom is 0.300 e. The highest BCUT2D eigenvalue weighted by Crippen LogP contribution is 2.43. The van der Waals surface area contributed by atoms with Crippen molar-refractivity contribution in [3.05, 3.63) is 101 Å². The van der Waals surface area contributed by atoms with Crippen LogP contribution in [0.2, 0.25) is 0 Å². The second-order valence-corrected chi connectivity index (χ2v) is 8.21. The van der Waals surface area contributed by atoms with Crippen molar-refractivity contribution in [1.29, 1.82) is 0 Å². The van der Waals surface area contributed by atoms with Gasteiger partial charge in [0.1, 0.15) is 11.5 Å². The first-order chi connectivity index (χ1) is 16.5. The van der Waals surface area contributed by atoms with Crippen molar-refractivity contribution in [3.63, 3.8) is 0 Å². The molecule has 6 nitrogen and oxygen atoms in total. The maximum atomic E-state index is 13.3. The molecule has 3 aromatic carbocycles. The van der Waals surface area contributed by atoms with Gasteiger partial charge in [-0.1, -0.05) is 49.4 Å². The minimum absolute atomic E-state index is 0.0551. The van der Waals surface area contributed by atoms with Crippen LogP contribution in [-0.4, -0.2) is 28.9 Å². The number of methoxy groups -OCH3 is 1. The molecule has 2 heterocycles. The van der Waals surface area contributed by atoms with E-state index < -0.39 is 17.7 Å². The minimum atomic E-state index is -0.785. The van der Waals surface area contributed by atoms with E-state index in [1.54, 1.807) is 25.4 Å². The summed E-state index contributed by atoms with van der Waals surface area (Å²) in [6.45, 7) is 2.06. The standard InChI is InChI=1S/C28H24N2O4/c1-3-17-8-12-19(13-9-17)30-25(18-10-14-20(34-2)15-11-18)24(27(32)28(30)33)26(31)22-16-29-23-7-5-4-6-21(22)23/h4-16,25,29,31H,3H2,1-2H3/b26-24-. The molecular formula is C28H24N2O4. The van der Waals surface area contributed by atoms with E-state index in [2.05, 4.69) is 11.9 Å². The molecule has 1 aliphatic rings. The number of para-hydroxylation sites is 1. The van der Waals surface area contributed by atoms with Crippen LogP contribution in [0.15, 0.2) is 84.6 Å². The first-order valence-corrected chi connectivity index (χ1v) is 11.1. The van der Waals surface area contributed by atoms with Gasteiger partial charge in [-0.15, -0.1) is 0 Å². The number of carbonyl (C=O) groups is 2. The normalized spacial score (nSPS) is 17.5. The number of hydrogen-bond donors (Lipinski definition) is 2. The number of ether oxygens (including phenoxy) is 1. The van der Waals surface area contributed by atoms with E-state index >= 15 is 0 Å². The molecule has 1 amide bonds. The molecule has 1 unspecified atom stereocenters. The zero-order chi connectivity index (χ0) is 23.8. The number of amides is 1. The molecular weight excluding hydrogens is 428 g/mol. The van der Waals surface area contributed by atoms with Crippen LogP contribution in [0.3, 0.4) is 0 Å². The quantitative estimate of drug-likeness (QED) is 0.242. The Balaban J connectivity index is 1.72. The third kappa shape index (κ3) is 3.44. The van der Waals surface area contributed by atoms with Gasteiger partial charge in [0, 0.05) is 28.4 Å². The van der Waals surface area contributed by atoms with Crippen molar-refractivity contribution >= 4 is 34.0 Å². The van der Waals surface area contributed by atoms with E-state index in [-0.39, 0.29) is 11.3 Å². The van der Waals surface area contributed by atoms with Gasteiger partial charge in [-0.3, -0.25) is 14.5 Å². The lowest BCUT2D eigenvalue weighted by atomic mass is 9.95. The average molecular weight is 453 g/mol. The van der Waals surface area contributed by atoms with Gasteiger partial charge in [-0.2, -0.15) is 0 Å². The van der Waals surface area contributed by atoms with Crippen LogP contribution in [-0.2, 0) is 16.0 Å². The number of aromatic amines is 1. The molecule has 2 N–H and O–H groups in total. The lowest BCUT2D eigenvalue weighted by Crippen LogP contribution is -2.29. The Morgan fingerprint density at radius 1 is 1.00 bits per heavy atom. The number of carbonyl (C=O) groups excluding carboxylic acids is 2. The molecule has 1 fully saturated rings. The van der Waals surface area contributed by atoms with Crippen LogP contribution in [0.25, 0.3) is 16.7 Å². The van der Waals surface area contributed by atoms with Crippen molar-refractivity contribution in [3.8, 4) is 5.75 Å². The highest BCUT2D eigenvalue weighted by Gasteiger charge is 2.47. The van der Waals surface area contributed by atoms with E-state index in [4.69, 9.17) is 4.74 Å². The number of aromatic nitrogens is 1. The number of aliphatic hydroxyl groups is 1. The van der Waals surface area contributed by atoms with Crippen molar-refractivity contribution in [2.24, 2.45) is 0 Å². The lowest BCUT2D eigenvalue weighted by Gasteiger charge is -2.25. The number of Topliss-reactive ketones (excluding diaryl/α,β-unsaturated/α-hetero) is 1. The first-order valence-electron chi connectivity index (χ1n) is 11.1. The molecule has 170 valence electrons. The zero-order valence-corrected chi connectivity index (χ0v) is 18.9. The second kappa shape index (κ2) is 8.56. The fraction of sp³-hybridized carbons (Fsp3) is 0.143. The summed E-state index contributed by atoms with van der Waals surface area (Å²) in [4.78, 5) is 31.2. The molecule has 0 saturated carbocycles. The fourth-order valence-corrected chi connectivity index (χ4v) is 4.51. The van der Waals surface area contributed by atoms with E-state index in [0.29, 0.717) is 22.6 Å². The lowest BCUT2D eigenvalue weighted by molar-refractivity contribution is -0.132. The third-order valence-corrected chi connectivity index (χ3v) is 6.34. The smallest absolute Gasteiger partial charge is 0.300 e. The Kier molecular flexibility index (Phi) is 5.42. The third-order valence-electron chi connectivity index (χ3n) is 6.34. The molecule has 0 spiro atoms. The molecule has 1 atom stereocenters. The number of benzene rings is 3. The maximum absolute atomic E-state index is 13.3. The first kappa shape index (κ1) is 21.5. The summed E-state index contributed by atoms with van der Waals surface area (Å²) >= 11 is 0. The highest BCUT2D eigenvalue weighted by molar-refractivity contribution is 6.51. The number of aryl methyl sites for hydroxylation is 1. The van der Waals surface area contributed by atoms with Gasteiger partial charge in [0.05, 0.1) is 18.7 Å². The summed E-state index contributed by atoms with van der Waals surface area (Å²) in [6, 6.07) is 21.5. The van der Waals surface area contributed by atoms with E-state index in [9.17, 15) is 14.7 Å². The molecule has 1 saturated heterocycles. The molecule has 6 heteroatoms. The number of fused-ring (bicyclic) bond motifs is 1. The summed E-state index contributed by atoms with van der Waals surface area (Å²) in [7, 11) is 1.58. The van der Waals surface area contributed by atoms with Crippen LogP contribution in [0, 0.1) is 0 Å². The SMILES string of the molecule is CCc1ccc(N2C(=O)C(=O)/C(=C(\O)c3c[nH]c4ccccc34)C2c2ccc(OC)cc2)cc1. The van der Waals surface area contributed by atoms with Crippen LogP contribution in [0.4, 0.5) is 5.69 Å². The van der Waals surface area contributed by atoms with Crippen LogP contribution < -0.4 is 9.64 Å². The largest absolute Gasteiger partial charge is 0.507 e. The fourth-order valence-electron chi connectivity index (χ4n) is 4.51. The van der Waals surface area contributed by atoms with E-state index in [0.717, 1.165) is 22.9 Å². The van der Waals surface area contributed by atoms with E-state index in [1.807, 2.05) is 60.7 Å². The number of nitrogens with zero attached hydrogens (tertiary/aromatic N) is 1. The number of nitrogens with one attached hydrogen (secondary N) is 1. The topological polar surface area (TPSA) is 82.6 Å². The molecule has 34 heavy (non-hydrogen) atoms. The molecule has 1 aromatic heterocycles. The Morgan fingerprint density at radius 3 is 2.38 bits per heavy atom. The number of H-pyrrole nitrogens is 1. The Hall–Kier alpha value is -4.32. The van der Waals surface area contributed by atoms with Gasteiger partial charge in [0.2, 0.25) is 0 Å². The van der Waals surface area contributed by atoms with Gasteiger partial charge in [0.25, 0.3) is 11.7 Å². The Labute approximate surface area is 197 Å². The van der Waals surface area contributed by atoms with Crippen molar-refractivity contribution in [1.82, 2.24) is 4.98 Å². The molecule has 4 aromatic rings. The Morgan fingerprint density at radius 2 is 1.71 bits per heavy atom. The van der Waals surface area contributed by atoms with Gasteiger partial charge in [-0.05, 0) is 47.9 Å². The van der Waals surface area contributed by atoms with Gasteiger partial charge < -0.3 is 14.8 Å². The summed E-state index contributed by atoms with van der Waals surface area (Å²) in [6.07, 6.45) is 2.52. The zero-order valence-electron chi connectivity index (χ0n) is 18.9. The number of ketones is 1. The predicted octanol–water partition coefficient (Wildman–Crippen LogP) is 5.37. The molecule has 0 radical (unpaired) electrons. The number of hydrogen-bond acceptors (Lipinski definition) is 4. The van der Waals surface area contributed by atoms with Gasteiger partial charge in [-0.25, -0.2) is 0 Å². The molecule has 0 aliphatic carbocycles. The molecule has 0 bridgehead atoms. The van der Waals surface area contributed by atoms with Crippen LogP contribution >= 0.6 is 0 Å². The summed E-state index contributed by atoms with van der Waals surface area (Å²) in [5.74, 6) is -0.941. The minimum Gasteiger partial charge on any atom is -0.507 e. The van der Waals surface area contributed by atoms with E-state index in [1.165, 1.54) is 4.90 Å². The highest BCUT2D eigenvalue weighted by atomic mass is 16.5. The number of rotatable bonds is 5. The molecule has 5 rings (SSSR count). The molecule has 1 aliphatic heterocycles. The second-order valence-electron chi connectivity index (χ2n) is 8.21. The average Bonchev–Trinajstić information content (AvgIpc) is 3.43. The summed E-state index contributed by atoms with van der Waals surface area (Å²) < 4.78 is 5.28. The monoisotopic (exact) mass is 452 g/mol. The van der Waals surface area contributed by atoms with Crippen LogP contribution in [0.1, 0.15) is 29.7 Å². The van der Waals surface area contributed by atoms with Gasteiger partial charge in [0.15, 0.2) is 0 Å². The summed E-state index contributed by atoms with van der Waals surface area (Å²) in [5.41, 5.74) is 3.78.